The molecule has 0 amide bonds. The first-order chi connectivity index (χ1) is 9.35. The molecule has 4 fully saturated rings. The van der Waals surface area contributed by atoms with Gasteiger partial charge in [-0.25, -0.2) is 0 Å². The van der Waals surface area contributed by atoms with E-state index in [0.29, 0.717) is 18.2 Å². The van der Waals surface area contributed by atoms with Crippen LogP contribution in [0.1, 0.15) is 38.5 Å². The second-order valence-corrected chi connectivity index (χ2v) is 7.86. The molecule has 4 heteroatoms. The van der Waals surface area contributed by atoms with E-state index in [9.17, 15) is 0 Å². The van der Waals surface area contributed by atoms with E-state index in [1.165, 1.54) is 50.0 Å². The van der Waals surface area contributed by atoms with E-state index in [1.54, 1.807) is 0 Å². The molecule has 3 heterocycles. The first-order valence-corrected chi connectivity index (χ1v) is 9.10. The van der Waals surface area contributed by atoms with Gasteiger partial charge in [-0.3, -0.25) is 0 Å². The van der Waals surface area contributed by atoms with Crippen molar-refractivity contribution in [3.63, 3.8) is 0 Å². The number of thioether (sulfide) groups is 1. The fourth-order valence-corrected chi connectivity index (χ4v) is 5.39. The zero-order chi connectivity index (χ0) is 12.7. The van der Waals surface area contributed by atoms with Crippen molar-refractivity contribution < 1.29 is 9.47 Å². The lowest BCUT2D eigenvalue weighted by molar-refractivity contribution is -0.0725. The highest BCUT2D eigenvalue weighted by Gasteiger charge is 2.44. The van der Waals surface area contributed by atoms with E-state index in [-0.39, 0.29) is 5.60 Å². The maximum atomic E-state index is 6.12. The molecule has 0 bridgehead atoms. The Bertz CT molecular complexity index is 328. The number of nitrogens with one attached hydrogen (secondary N) is 1. The van der Waals surface area contributed by atoms with E-state index in [4.69, 9.17) is 9.47 Å². The van der Waals surface area contributed by atoms with Crippen LogP contribution in [0.3, 0.4) is 0 Å². The normalized spacial score (nSPS) is 47.1. The quantitative estimate of drug-likeness (QED) is 0.860. The zero-order valence-electron chi connectivity index (χ0n) is 11.6. The van der Waals surface area contributed by atoms with Gasteiger partial charge in [0.05, 0.1) is 11.7 Å². The highest BCUT2D eigenvalue weighted by atomic mass is 32.2. The number of hydrogen-bond donors (Lipinski definition) is 1. The molecule has 3 nitrogen and oxygen atoms in total. The van der Waals surface area contributed by atoms with Gasteiger partial charge in [-0.15, -0.1) is 0 Å². The molecule has 1 saturated carbocycles. The largest absolute Gasteiger partial charge is 0.376 e. The Labute approximate surface area is 120 Å². The van der Waals surface area contributed by atoms with E-state index >= 15 is 0 Å². The van der Waals surface area contributed by atoms with Crippen molar-refractivity contribution in [1.29, 1.82) is 0 Å². The minimum Gasteiger partial charge on any atom is -0.376 e. The molecular formula is C15H25NO2S. The van der Waals surface area contributed by atoms with Gasteiger partial charge in [-0.2, -0.15) is 11.8 Å². The van der Waals surface area contributed by atoms with E-state index < -0.39 is 0 Å². The van der Waals surface area contributed by atoms with Crippen molar-refractivity contribution >= 4 is 11.8 Å². The highest BCUT2D eigenvalue weighted by Crippen LogP contribution is 2.41. The van der Waals surface area contributed by atoms with Gasteiger partial charge in [0.25, 0.3) is 0 Å². The number of ether oxygens (including phenoxy) is 2. The van der Waals surface area contributed by atoms with E-state index in [2.05, 4.69) is 17.1 Å². The molecule has 1 aliphatic carbocycles. The average molecular weight is 283 g/mol. The summed E-state index contributed by atoms with van der Waals surface area (Å²) in [7, 11) is 0. The molecule has 4 aliphatic rings. The third-order valence-corrected chi connectivity index (χ3v) is 6.46. The Kier molecular flexibility index (Phi) is 3.55. The van der Waals surface area contributed by atoms with Gasteiger partial charge in [0.15, 0.2) is 0 Å². The maximum absolute atomic E-state index is 6.12. The summed E-state index contributed by atoms with van der Waals surface area (Å²) in [6.07, 6.45) is 8.14. The summed E-state index contributed by atoms with van der Waals surface area (Å²) in [6.45, 7) is 1.91. The summed E-state index contributed by atoms with van der Waals surface area (Å²) < 4.78 is 12.1. The maximum Gasteiger partial charge on any atom is 0.0795 e. The molecule has 0 radical (unpaired) electrons. The fraction of sp³-hybridized carbons (Fsp3) is 1.00. The lowest BCUT2D eigenvalue weighted by Crippen LogP contribution is -2.51. The second-order valence-electron chi connectivity index (χ2n) is 6.76. The minimum absolute atomic E-state index is 0.203. The van der Waals surface area contributed by atoms with Crippen molar-refractivity contribution in [1.82, 2.24) is 5.32 Å². The van der Waals surface area contributed by atoms with Gasteiger partial charge in [0.2, 0.25) is 0 Å². The van der Waals surface area contributed by atoms with Crippen LogP contribution in [0.25, 0.3) is 0 Å². The molecule has 0 aromatic heterocycles. The summed E-state index contributed by atoms with van der Waals surface area (Å²) >= 11 is 2.06. The molecule has 19 heavy (non-hydrogen) atoms. The molecule has 4 unspecified atom stereocenters. The molecule has 3 saturated heterocycles. The van der Waals surface area contributed by atoms with Crippen LogP contribution < -0.4 is 5.32 Å². The van der Waals surface area contributed by atoms with E-state index in [1.807, 2.05) is 0 Å². The predicted molar refractivity (Wildman–Crippen MR) is 77.7 cm³/mol. The molecule has 0 aromatic rings. The van der Waals surface area contributed by atoms with Crippen LogP contribution in [0.5, 0.6) is 0 Å². The molecule has 108 valence electrons. The van der Waals surface area contributed by atoms with Crippen LogP contribution in [-0.4, -0.2) is 48.5 Å². The predicted octanol–water partition coefficient (Wildman–Crippen LogP) is 2.20. The van der Waals surface area contributed by atoms with Crippen molar-refractivity contribution in [2.24, 2.45) is 5.92 Å². The summed E-state index contributed by atoms with van der Waals surface area (Å²) in [5, 5.41) is 3.93. The van der Waals surface area contributed by atoms with Crippen molar-refractivity contribution in [2.75, 3.05) is 24.7 Å². The van der Waals surface area contributed by atoms with E-state index in [0.717, 1.165) is 19.1 Å². The minimum atomic E-state index is 0.203. The Morgan fingerprint density at radius 1 is 1.11 bits per heavy atom. The van der Waals surface area contributed by atoms with Crippen molar-refractivity contribution in [2.45, 2.75) is 62.3 Å². The third-order valence-electron chi connectivity index (χ3n) is 5.23. The molecule has 4 atom stereocenters. The van der Waals surface area contributed by atoms with Crippen LogP contribution in [0.2, 0.25) is 0 Å². The second kappa shape index (κ2) is 5.21. The lowest BCUT2D eigenvalue weighted by Gasteiger charge is -2.39. The zero-order valence-corrected chi connectivity index (χ0v) is 12.4. The van der Waals surface area contributed by atoms with Gasteiger partial charge in [0, 0.05) is 31.1 Å². The number of hydrogen-bond acceptors (Lipinski definition) is 4. The van der Waals surface area contributed by atoms with Crippen molar-refractivity contribution in [3.05, 3.63) is 0 Å². The van der Waals surface area contributed by atoms with Crippen LogP contribution in [0.4, 0.5) is 0 Å². The van der Waals surface area contributed by atoms with Crippen molar-refractivity contribution in [3.8, 4) is 0 Å². The van der Waals surface area contributed by atoms with Crippen LogP contribution >= 0.6 is 11.8 Å². The Hall–Kier alpha value is 0.230. The molecule has 0 aromatic carbocycles. The molecule has 1 spiro atoms. The standard InChI is InChI=1S/C15H25NO2S/c1-2-11(1)14-13(4-6-17-14)16-12-3-7-18-15(9-12)5-8-19-10-15/h11-14,16H,1-10H2. The molecule has 4 rings (SSSR count). The van der Waals surface area contributed by atoms with Gasteiger partial charge < -0.3 is 14.8 Å². The SMILES string of the molecule is C1CC(NC2CCOC3(CCSC3)C2)C(C2CC2)O1. The lowest BCUT2D eigenvalue weighted by atomic mass is 9.89. The number of rotatable bonds is 3. The molecule has 3 aliphatic heterocycles. The first kappa shape index (κ1) is 12.9. The van der Waals surface area contributed by atoms with Gasteiger partial charge in [0.1, 0.15) is 0 Å². The van der Waals surface area contributed by atoms with Crippen LogP contribution in [0.15, 0.2) is 0 Å². The van der Waals surface area contributed by atoms with Gasteiger partial charge >= 0.3 is 0 Å². The fourth-order valence-electron chi connectivity index (χ4n) is 4.02. The van der Waals surface area contributed by atoms with Gasteiger partial charge in [-0.1, -0.05) is 0 Å². The summed E-state index contributed by atoms with van der Waals surface area (Å²) in [4.78, 5) is 0. The Morgan fingerprint density at radius 3 is 2.84 bits per heavy atom. The average Bonchev–Trinajstić information content (AvgIpc) is 3.01. The monoisotopic (exact) mass is 283 g/mol. The Morgan fingerprint density at radius 2 is 2.05 bits per heavy atom. The van der Waals surface area contributed by atoms with Gasteiger partial charge in [-0.05, 0) is 50.2 Å². The first-order valence-electron chi connectivity index (χ1n) is 7.94. The summed E-state index contributed by atoms with van der Waals surface area (Å²) in [6, 6.07) is 1.27. The van der Waals surface area contributed by atoms with Crippen LogP contribution in [-0.2, 0) is 9.47 Å². The molecule has 1 N–H and O–H groups in total. The highest BCUT2D eigenvalue weighted by molar-refractivity contribution is 7.99. The third kappa shape index (κ3) is 2.69. The summed E-state index contributed by atoms with van der Waals surface area (Å²) in [5.74, 6) is 3.35. The smallest absolute Gasteiger partial charge is 0.0795 e. The summed E-state index contributed by atoms with van der Waals surface area (Å²) in [5.41, 5.74) is 0.203. The Balaban J connectivity index is 1.36. The van der Waals surface area contributed by atoms with Crippen LogP contribution in [0, 0.1) is 5.92 Å². The topological polar surface area (TPSA) is 30.5 Å². The molecular weight excluding hydrogens is 258 g/mol.